The van der Waals surface area contributed by atoms with Crippen LogP contribution in [0.5, 0.6) is 0 Å². The second-order valence-corrected chi connectivity index (χ2v) is 5.58. The summed E-state index contributed by atoms with van der Waals surface area (Å²) < 4.78 is 5.02. The summed E-state index contributed by atoms with van der Waals surface area (Å²) in [5.74, 6) is -1.50. The lowest BCUT2D eigenvalue weighted by atomic mass is 9.82. The smallest absolute Gasteiger partial charge is 0.337 e. The number of aliphatic hydroxyl groups excluding tert-OH is 1. The molecular formula is C17H20N2O5. The van der Waals surface area contributed by atoms with E-state index in [9.17, 15) is 14.9 Å². The third kappa shape index (κ3) is 3.30. The molecule has 0 spiro atoms. The number of benzene rings is 1. The number of ether oxygens (including phenoxy) is 1. The molecular weight excluding hydrogens is 312 g/mol. The minimum Gasteiger partial charge on any atom is -0.460 e. The monoisotopic (exact) mass is 332 g/mol. The fourth-order valence-corrected chi connectivity index (χ4v) is 2.93. The van der Waals surface area contributed by atoms with Crippen LogP contribution in [0.4, 0.5) is 0 Å². The Morgan fingerprint density at radius 2 is 1.96 bits per heavy atom. The molecule has 0 amide bonds. The van der Waals surface area contributed by atoms with E-state index in [4.69, 9.17) is 9.84 Å². The van der Waals surface area contributed by atoms with Gasteiger partial charge in [-0.25, -0.2) is 4.79 Å². The van der Waals surface area contributed by atoms with Gasteiger partial charge in [-0.2, -0.15) is 0 Å². The summed E-state index contributed by atoms with van der Waals surface area (Å²) >= 11 is 0. The highest BCUT2D eigenvalue weighted by Crippen LogP contribution is 2.39. The molecule has 1 atom stereocenters. The Morgan fingerprint density at radius 1 is 1.29 bits per heavy atom. The highest BCUT2D eigenvalue weighted by molar-refractivity contribution is 5.92. The van der Waals surface area contributed by atoms with Gasteiger partial charge in [-0.05, 0) is 31.9 Å². The molecule has 24 heavy (non-hydrogen) atoms. The van der Waals surface area contributed by atoms with Crippen molar-refractivity contribution in [1.29, 1.82) is 0 Å². The first-order valence-electron chi connectivity index (χ1n) is 7.55. The van der Waals surface area contributed by atoms with Crippen LogP contribution in [0, 0.1) is 17.0 Å². The standard InChI is InChI=1S/C17H20N2O5/c1-10-6-4-5-7-13(10)15-14(17(21)24-9-8-20)11(2)18-12(3)16(15)19(22)23/h4-7,15,18,20H,8-9H2,1-3H3. The summed E-state index contributed by atoms with van der Waals surface area (Å²) in [5, 5.41) is 23.4. The number of nitro groups is 1. The van der Waals surface area contributed by atoms with Gasteiger partial charge < -0.3 is 15.2 Å². The second-order valence-electron chi connectivity index (χ2n) is 5.58. The van der Waals surface area contributed by atoms with Crippen molar-refractivity contribution in [3.8, 4) is 0 Å². The van der Waals surface area contributed by atoms with Crippen molar-refractivity contribution in [1.82, 2.24) is 5.32 Å². The van der Waals surface area contributed by atoms with E-state index in [2.05, 4.69) is 5.32 Å². The zero-order valence-corrected chi connectivity index (χ0v) is 13.8. The summed E-state index contributed by atoms with van der Waals surface area (Å²) in [6.07, 6.45) is 0. The number of allylic oxidation sites excluding steroid dienone is 3. The first-order chi connectivity index (χ1) is 11.4. The predicted molar refractivity (Wildman–Crippen MR) is 87.5 cm³/mol. The number of hydrogen-bond donors (Lipinski definition) is 2. The molecule has 1 aliphatic heterocycles. The second kappa shape index (κ2) is 7.27. The number of esters is 1. The van der Waals surface area contributed by atoms with Crippen molar-refractivity contribution in [2.75, 3.05) is 13.2 Å². The molecule has 0 fully saturated rings. The molecule has 0 saturated carbocycles. The maximum atomic E-state index is 12.5. The van der Waals surface area contributed by atoms with Crippen molar-refractivity contribution in [3.63, 3.8) is 0 Å². The van der Waals surface area contributed by atoms with Gasteiger partial charge in [0.25, 0.3) is 5.70 Å². The maximum Gasteiger partial charge on any atom is 0.337 e. The lowest BCUT2D eigenvalue weighted by Crippen LogP contribution is -2.32. The third-order valence-corrected chi connectivity index (χ3v) is 3.97. The first kappa shape index (κ1) is 17.7. The van der Waals surface area contributed by atoms with Crippen LogP contribution >= 0.6 is 0 Å². The number of carbonyl (C=O) groups excluding carboxylic acids is 1. The molecule has 7 nitrogen and oxygen atoms in total. The van der Waals surface area contributed by atoms with Crippen LogP contribution < -0.4 is 5.32 Å². The third-order valence-electron chi connectivity index (χ3n) is 3.97. The molecule has 2 rings (SSSR count). The fraction of sp³-hybridized carbons (Fsp3) is 0.353. The number of hydrogen-bond acceptors (Lipinski definition) is 6. The van der Waals surface area contributed by atoms with Crippen LogP contribution in [-0.4, -0.2) is 29.2 Å². The number of rotatable bonds is 5. The van der Waals surface area contributed by atoms with Crippen molar-refractivity contribution < 1.29 is 19.6 Å². The molecule has 1 heterocycles. The van der Waals surface area contributed by atoms with Crippen LogP contribution in [0.15, 0.2) is 46.9 Å². The average molecular weight is 332 g/mol. The summed E-state index contributed by atoms with van der Waals surface area (Å²) in [5.41, 5.74) is 2.54. The number of aryl methyl sites for hydroxylation is 1. The summed E-state index contributed by atoms with van der Waals surface area (Å²) in [4.78, 5) is 23.6. The molecule has 0 bridgehead atoms. The number of dihydropyridines is 1. The lowest BCUT2D eigenvalue weighted by Gasteiger charge is -2.27. The van der Waals surface area contributed by atoms with Crippen LogP contribution in [0.3, 0.4) is 0 Å². The number of nitrogens with zero attached hydrogens (tertiary/aromatic N) is 1. The van der Waals surface area contributed by atoms with Gasteiger partial charge >= 0.3 is 5.97 Å². The van der Waals surface area contributed by atoms with Gasteiger partial charge in [-0.1, -0.05) is 24.3 Å². The Bertz CT molecular complexity index is 736. The Morgan fingerprint density at radius 3 is 2.54 bits per heavy atom. The minimum atomic E-state index is -0.825. The van der Waals surface area contributed by atoms with E-state index < -0.39 is 16.8 Å². The van der Waals surface area contributed by atoms with E-state index >= 15 is 0 Å². The average Bonchev–Trinajstić information content (AvgIpc) is 2.52. The Kier molecular flexibility index (Phi) is 5.35. The Balaban J connectivity index is 2.62. The maximum absolute atomic E-state index is 12.5. The van der Waals surface area contributed by atoms with Gasteiger partial charge in [0, 0.05) is 5.70 Å². The number of nitrogens with one attached hydrogen (secondary N) is 1. The quantitative estimate of drug-likeness (QED) is 0.486. The molecule has 7 heteroatoms. The molecule has 2 N–H and O–H groups in total. The van der Waals surface area contributed by atoms with Gasteiger partial charge in [-0.15, -0.1) is 0 Å². The Hall–Kier alpha value is -2.67. The molecule has 0 saturated heterocycles. The van der Waals surface area contributed by atoms with E-state index in [0.717, 1.165) is 5.56 Å². The molecule has 0 aromatic heterocycles. The Labute approximate surface area is 139 Å². The SMILES string of the molecule is CC1=C(C(=O)OCCO)C(c2ccccc2C)C([N+](=O)[O-])=C(C)N1. The molecule has 1 aromatic rings. The normalized spacial score (nSPS) is 17.6. The van der Waals surface area contributed by atoms with E-state index in [1.54, 1.807) is 26.0 Å². The summed E-state index contributed by atoms with van der Waals surface area (Å²) in [6, 6.07) is 7.23. The summed E-state index contributed by atoms with van der Waals surface area (Å²) in [6.45, 7) is 4.67. The zero-order valence-electron chi connectivity index (χ0n) is 13.8. The van der Waals surface area contributed by atoms with E-state index in [1.165, 1.54) is 0 Å². The summed E-state index contributed by atoms with van der Waals surface area (Å²) in [7, 11) is 0. The van der Waals surface area contributed by atoms with Crippen LogP contribution in [0.1, 0.15) is 30.9 Å². The van der Waals surface area contributed by atoms with Gasteiger partial charge in [0.2, 0.25) is 0 Å². The highest BCUT2D eigenvalue weighted by Gasteiger charge is 2.41. The fourth-order valence-electron chi connectivity index (χ4n) is 2.93. The molecule has 128 valence electrons. The molecule has 1 unspecified atom stereocenters. The molecule has 0 aliphatic carbocycles. The molecule has 1 aliphatic rings. The van der Waals surface area contributed by atoms with Gasteiger partial charge in [-0.3, -0.25) is 10.1 Å². The number of carbonyl (C=O) groups is 1. The van der Waals surface area contributed by atoms with Crippen molar-refractivity contribution in [2.24, 2.45) is 0 Å². The minimum absolute atomic E-state index is 0.0779. The zero-order chi connectivity index (χ0) is 17.9. The number of aliphatic hydroxyl groups is 1. The van der Waals surface area contributed by atoms with E-state index in [-0.39, 0.29) is 24.5 Å². The van der Waals surface area contributed by atoms with E-state index in [0.29, 0.717) is 17.0 Å². The van der Waals surface area contributed by atoms with Crippen LogP contribution in [0.25, 0.3) is 0 Å². The molecule has 1 aromatic carbocycles. The topological polar surface area (TPSA) is 102 Å². The van der Waals surface area contributed by atoms with Crippen LogP contribution in [-0.2, 0) is 9.53 Å². The van der Waals surface area contributed by atoms with E-state index in [1.807, 2.05) is 19.1 Å². The van der Waals surface area contributed by atoms with Gasteiger partial charge in [0.05, 0.1) is 22.8 Å². The van der Waals surface area contributed by atoms with Crippen molar-refractivity contribution in [3.05, 3.63) is 68.2 Å². The largest absolute Gasteiger partial charge is 0.460 e. The van der Waals surface area contributed by atoms with Crippen LogP contribution in [0.2, 0.25) is 0 Å². The predicted octanol–water partition coefficient (Wildman–Crippen LogP) is 2.00. The lowest BCUT2D eigenvalue weighted by molar-refractivity contribution is -0.431. The van der Waals surface area contributed by atoms with Crippen molar-refractivity contribution in [2.45, 2.75) is 26.7 Å². The van der Waals surface area contributed by atoms with Crippen molar-refractivity contribution >= 4 is 5.97 Å². The van der Waals surface area contributed by atoms with Gasteiger partial charge in [0.1, 0.15) is 12.5 Å². The molecule has 0 radical (unpaired) electrons. The highest BCUT2D eigenvalue weighted by atomic mass is 16.6. The van der Waals surface area contributed by atoms with Gasteiger partial charge in [0.15, 0.2) is 0 Å². The first-order valence-corrected chi connectivity index (χ1v) is 7.55.